The quantitative estimate of drug-likeness (QED) is 0.196. The first-order valence-electron chi connectivity index (χ1n) is 9.92. The van der Waals surface area contributed by atoms with Gasteiger partial charge in [0.2, 0.25) is 5.91 Å². The molecule has 3 aromatic rings. The maximum Gasteiger partial charge on any atom is 0.355 e. The molecule has 0 bridgehead atoms. The molecule has 33 heavy (non-hydrogen) atoms. The number of amides is 1. The van der Waals surface area contributed by atoms with Crippen molar-refractivity contribution < 1.29 is 9.18 Å². The Balaban J connectivity index is 1.95. The standard InChI is InChI=1S/C21H19ClFIN6O2S/c1-4-15(31)28-7-8-29(11(2)10-28)19-12-9-13(23)17(22)26-20(12)30(21(32)27-19)16-14(33-3)5-6-25-18(16)24/h4-6,9,11H,1,7-8,10H2,2-3H3/t11-/m0/s1. The Morgan fingerprint density at radius 1 is 1.39 bits per heavy atom. The molecule has 0 N–H and O–H groups in total. The second-order valence-corrected chi connectivity index (χ2v) is 9.60. The van der Waals surface area contributed by atoms with Gasteiger partial charge in [0.1, 0.15) is 9.52 Å². The topological polar surface area (TPSA) is 84.2 Å². The van der Waals surface area contributed by atoms with E-state index < -0.39 is 11.5 Å². The average Bonchev–Trinajstić information content (AvgIpc) is 2.80. The molecule has 172 valence electrons. The number of anilines is 1. The highest BCUT2D eigenvalue weighted by atomic mass is 127. The number of thioether (sulfide) groups is 1. The lowest BCUT2D eigenvalue weighted by Gasteiger charge is -2.40. The molecule has 0 aromatic carbocycles. The normalized spacial score (nSPS) is 16.3. The van der Waals surface area contributed by atoms with Crippen molar-refractivity contribution in [3.63, 3.8) is 0 Å². The minimum atomic E-state index is -0.712. The van der Waals surface area contributed by atoms with Gasteiger partial charge in [-0.3, -0.25) is 4.79 Å². The average molecular weight is 601 g/mol. The first kappa shape index (κ1) is 23.9. The Kier molecular flexibility index (Phi) is 6.91. The Bertz CT molecular complexity index is 1340. The first-order valence-corrected chi connectivity index (χ1v) is 12.6. The molecule has 0 aliphatic carbocycles. The van der Waals surface area contributed by atoms with Crippen molar-refractivity contribution in [3.05, 3.63) is 56.1 Å². The lowest BCUT2D eigenvalue weighted by atomic mass is 10.1. The minimum Gasteiger partial charge on any atom is -0.350 e. The van der Waals surface area contributed by atoms with Gasteiger partial charge in [0.15, 0.2) is 16.6 Å². The number of hydrogen-bond acceptors (Lipinski definition) is 7. The molecule has 8 nitrogen and oxygen atoms in total. The van der Waals surface area contributed by atoms with E-state index in [2.05, 4.69) is 21.5 Å². The van der Waals surface area contributed by atoms with Gasteiger partial charge >= 0.3 is 5.69 Å². The number of pyridine rings is 2. The number of rotatable bonds is 4. The Labute approximate surface area is 212 Å². The first-order chi connectivity index (χ1) is 15.8. The molecule has 4 rings (SSSR count). The summed E-state index contributed by atoms with van der Waals surface area (Å²) in [6.45, 7) is 6.70. The second kappa shape index (κ2) is 9.55. The molecule has 1 atom stereocenters. The highest BCUT2D eigenvalue weighted by Crippen LogP contribution is 2.32. The number of piperazine rings is 1. The Morgan fingerprint density at radius 2 is 2.15 bits per heavy atom. The van der Waals surface area contributed by atoms with Crippen molar-refractivity contribution in [3.8, 4) is 5.69 Å². The zero-order valence-corrected chi connectivity index (χ0v) is 21.5. The fourth-order valence-corrected chi connectivity index (χ4v) is 5.47. The largest absolute Gasteiger partial charge is 0.355 e. The van der Waals surface area contributed by atoms with E-state index in [0.717, 1.165) is 4.90 Å². The molecule has 0 spiro atoms. The number of carbonyl (C=O) groups excluding carboxylic acids is 1. The van der Waals surface area contributed by atoms with Gasteiger partial charge < -0.3 is 9.80 Å². The summed E-state index contributed by atoms with van der Waals surface area (Å²) in [6.07, 6.45) is 4.81. The van der Waals surface area contributed by atoms with Crippen LogP contribution in [-0.4, -0.2) is 62.3 Å². The SMILES string of the molecule is C=CC(=O)N1CCN(c2nc(=O)n(-c3c(SC)ccnc3I)c3nc(Cl)c(F)cc23)[C@@H](C)C1. The lowest BCUT2D eigenvalue weighted by Crippen LogP contribution is -2.54. The summed E-state index contributed by atoms with van der Waals surface area (Å²) in [7, 11) is 0. The van der Waals surface area contributed by atoms with Gasteiger partial charge in [-0.1, -0.05) is 18.2 Å². The Hall–Kier alpha value is -2.25. The summed E-state index contributed by atoms with van der Waals surface area (Å²) in [6, 6.07) is 2.86. The molecule has 1 aliphatic rings. The third-order valence-corrected chi connectivity index (χ3v) is 7.25. The molecule has 4 heterocycles. The van der Waals surface area contributed by atoms with Crippen molar-refractivity contribution in [1.82, 2.24) is 24.4 Å². The summed E-state index contributed by atoms with van der Waals surface area (Å²) in [5.74, 6) is -0.571. The molecule has 12 heteroatoms. The van der Waals surface area contributed by atoms with Crippen molar-refractivity contribution in [2.45, 2.75) is 17.9 Å². The van der Waals surface area contributed by atoms with E-state index in [-0.39, 0.29) is 22.7 Å². The summed E-state index contributed by atoms with van der Waals surface area (Å²) in [4.78, 5) is 42.6. The zero-order valence-electron chi connectivity index (χ0n) is 17.8. The van der Waals surface area contributed by atoms with Crippen molar-refractivity contribution >= 4 is 68.7 Å². The van der Waals surface area contributed by atoms with Gasteiger partial charge in [0.25, 0.3) is 0 Å². The number of fused-ring (bicyclic) bond motifs is 1. The van der Waals surface area contributed by atoms with Crippen LogP contribution in [0.3, 0.4) is 0 Å². The van der Waals surface area contributed by atoms with Gasteiger partial charge in [-0.2, -0.15) is 4.98 Å². The Morgan fingerprint density at radius 3 is 2.82 bits per heavy atom. The van der Waals surface area contributed by atoms with E-state index in [1.807, 2.05) is 40.7 Å². The summed E-state index contributed by atoms with van der Waals surface area (Å²) in [5, 5.41) is 0.00500. The van der Waals surface area contributed by atoms with Crippen LogP contribution in [0, 0.1) is 9.52 Å². The number of halogens is 3. The molecule has 1 saturated heterocycles. The molecule has 3 aromatic heterocycles. The van der Waals surface area contributed by atoms with Gasteiger partial charge in [-0.25, -0.2) is 23.7 Å². The molecule has 1 aliphatic heterocycles. The second-order valence-electron chi connectivity index (χ2n) is 7.37. The summed E-state index contributed by atoms with van der Waals surface area (Å²) >= 11 is 9.52. The van der Waals surface area contributed by atoms with Crippen LogP contribution < -0.4 is 10.6 Å². The van der Waals surface area contributed by atoms with Crippen LogP contribution >= 0.6 is 46.0 Å². The van der Waals surface area contributed by atoms with E-state index in [9.17, 15) is 14.0 Å². The van der Waals surface area contributed by atoms with Crippen LogP contribution in [0.15, 0.2) is 40.7 Å². The van der Waals surface area contributed by atoms with Crippen LogP contribution in [0.1, 0.15) is 6.92 Å². The minimum absolute atomic E-state index is 0.162. The maximum atomic E-state index is 14.6. The monoisotopic (exact) mass is 600 g/mol. The molecule has 1 amide bonds. The molecular formula is C21H19ClFIN6O2S. The van der Waals surface area contributed by atoms with Crippen LogP contribution in [0.2, 0.25) is 5.15 Å². The summed E-state index contributed by atoms with van der Waals surface area (Å²) < 4.78 is 16.5. The van der Waals surface area contributed by atoms with E-state index >= 15 is 0 Å². The van der Waals surface area contributed by atoms with Gasteiger partial charge in [-0.15, -0.1) is 11.8 Å². The molecule has 0 saturated carbocycles. The number of aromatic nitrogens is 4. The van der Waals surface area contributed by atoms with Crippen LogP contribution in [0.4, 0.5) is 10.2 Å². The summed E-state index contributed by atoms with van der Waals surface area (Å²) in [5.41, 5.74) is 0.129. The van der Waals surface area contributed by atoms with Crippen LogP contribution in [0.25, 0.3) is 16.7 Å². The molecule has 0 radical (unpaired) electrons. The number of nitrogens with zero attached hydrogens (tertiary/aromatic N) is 6. The van der Waals surface area contributed by atoms with Crippen LogP contribution in [-0.2, 0) is 4.79 Å². The predicted octanol–water partition coefficient (Wildman–Crippen LogP) is 3.52. The third kappa shape index (κ3) is 4.33. The van der Waals surface area contributed by atoms with Crippen molar-refractivity contribution in [1.29, 1.82) is 0 Å². The van der Waals surface area contributed by atoms with E-state index in [4.69, 9.17) is 11.6 Å². The van der Waals surface area contributed by atoms with E-state index in [1.54, 1.807) is 17.2 Å². The number of hydrogen-bond donors (Lipinski definition) is 0. The smallest absolute Gasteiger partial charge is 0.350 e. The number of carbonyl (C=O) groups is 1. The predicted molar refractivity (Wildman–Crippen MR) is 136 cm³/mol. The molecule has 1 fully saturated rings. The zero-order chi connectivity index (χ0) is 23.9. The third-order valence-electron chi connectivity index (χ3n) is 5.43. The highest BCUT2D eigenvalue weighted by molar-refractivity contribution is 14.1. The fraction of sp³-hybridized carbons (Fsp3) is 0.286. The van der Waals surface area contributed by atoms with Gasteiger partial charge in [0.05, 0.1) is 11.1 Å². The lowest BCUT2D eigenvalue weighted by molar-refractivity contribution is -0.126. The highest BCUT2D eigenvalue weighted by Gasteiger charge is 2.30. The van der Waals surface area contributed by atoms with Crippen LogP contribution in [0.5, 0.6) is 0 Å². The van der Waals surface area contributed by atoms with E-state index in [0.29, 0.717) is 40.2 Å². The fourth-order valence-electron chi connectivity index (χ4n) is 3.89. The maximum absolute atomic E-state index is 14.6. The van der Waals surface area contributed by atoms with Crippen molar-refractivity contribution in [2.75, 3.05) is 30.8 Å². The van der Waals surface area contributed by atoms with E-state index in [1.165, 1.54) is 28.5 Å². The van der Waals surface area contributed by atoms with Gasteiger partial charge in [0, 0.05) is 36.8 Å². The van der Waals surface area contributed by atoms with Crippen molar-refractivity contribution in [2.24, 2.45) is 0 Å². The molecule has 0 unspecified atom stereocenters. The molecular weight excluding hydrogens is 582 g/mol. The van der Waals surface area contributed by atoms with Gasteiger partial charge in [-0.05, 0) is 54.0 Å².